The molecular weight excluding hydrogens is 377 g/mol. The standard InChI is InChI=1S/C18H13Cl2N3O3/c1-26-12-5-2-10(3-6-12)14-9-16(23-18(25)22-14)17(24)21-15-8-11(19)4-7-13(15)20/h2-9H,1H3,(H,21,24)(H,22,23,25). The highest BCUT2D eigenvalue weighted by molar-refractivity contribution is 6.35. The van der Waals surface area contributed by atoms with Crippen LogP contribution < -0.4 is 15.7 Å². The molecule has 2 aromatic carbocycles. The van der Waals surface area contributed by atoms with Gasteiger partial charge >= 0.3 is 5.69 Å². The van der Waals surface area contributed by atoms with E-state index in [0.29, 0.717) is 32.7 Å². The van der Waals surface area contributed by atoms with Gasteiger partial charge in [-0.2, -0.15) is 4.98 Å². The zero-order valence-electron chi connectivity index (χ0n) is 13.5. The van der Waals surface area contributed by atoms with E-state index in [0.717, 1.165) is 0 Å². The maximum absolute atomic E-state index is 12.5. The van der Waals surface area contributed by atoms with Crippen molar-refractivity contribution in [1.29, 1.82) is 0 Å². The predicted molar refractivity (Wildman–Crippen MR) is 101 cm³/mol. The van der Waals surface area contributed by atoms with Crippen molar-refractivity contribution in [3.05, 3.63) is 74.8 Å². The summed E-state index contributed by atoms with van der Waals surface area (Å²) in [4.78, 5) is 30.7. The Balaban J connectivity index is 1.92. The molecule has 0 aliphatic heterocycles. The number of halogens is 2. The van der Waals surface area contributed by atoms with E-state index in [1.807, 2.05) is 0 Å². The van der Waals surface area contributed by atoms with Gasteiger partial charge in [-0.25, -0.2) is 4.79 Å². The molecule has 8 heteroatoms. The van der Waals surface area contributed by atoms with Crippen LogP contribution in [0.15, 0.2) is 53.3 Å². The highest BCUT2D eigenvalue weighted by Gasteiger charge is 2.13. The molecule has 0 unspecified atom stereocenters. The molecule has 0 fully saturated rings. The Labute approximate surface area is 158 Å². The second-order valence-electron chi connectivity index (χ2n) is 5.29. The zero-order valence-corrected chi connectivity index (χ0v) is 15.1. The Morgan fingerprint density at radius 1 is 1.12 bits per heavy atom. The number of methoxy groups -OCH3 is 1. The number of nitrogens with one attached hydrogen (secondary N) is 2. The van der Waals surface area contributed by atoms with Gasteiger partial charge < -0.3 is 15.0 Å². The third kappa shape index (κ3) is 4.04. The average molecular weight is 390 g/mol. The lowest BCUT2D eigenvalue weighted by molar-refractivity contribution is 0.102. The van der Waals surface area contributed by atoms with E-state index in [4.69, 9.17) is 27.9 Å². The van der Waals surface area contributed by atoms with Gasteiger partial charge in [0.2, 0.25) is 0 Å². The molecule has 2 N–H and O–H groups in total. The summed E-state index contributed by atoms with van der Waals surface area (Å²) in [7, 11) is 1.56. The average Bonchev–Trinajstić information content (AvgIpc) is 2.64. The number of carbonyl (C=O) groups excluding carboxylic acids is 1. The number of aromatic nitrogens is 2. The fraction of sp³-hybridized carbons (Fsp3) is 0.0556. The summed E-state index contributed by atoms with van der Waals surface area (Å²) in [5, 5.41) is 3.37. The minimum Gasteiger partial charge on any atom is -0.497 e. The van der Waals surface area contributed by atoms with Crippen LogP contribution in [0.3, 0.4) is 0 Å². The Hall–Kier alpha value is -2.83. The zero-order chi connectivity index (χ0) is 18.7. The summed E-state index contributed by atoms with van der Waals surface area (Å²) < 4.78 is 5.10. The van der Waals surface area contributed by atoms with Crippen molar-refractivity contribution >= 4 is 34.8 Å². The molecule has 0 atom stereocenters. The third-order valence-electron chi connectivity index (χ3n) is 3.55. The van der Waals surface area contributed by atoms with Crippen LogP contribution in [0.5, 0.6) is 5.75 Å². The van der Waals surface area contributed by atoms with Gasteiger partial charge in [0.05, 0.1) is 23.5 Å². The van der Waals surface area contributed by atoms with Crippen molar-refractivity contribution in [2.45, 2.75) is 0 Å². The van der Waals surface area contributed by atoms with Crippen LogP contribution in [-0.2, 0) is 0 Å². The number of carbonyl (C=O) groups is 1. The molecule has 0 aliphatic carbocycles. The predicted octanol–water partition coefficient (Wildman–Crippen LogP) is 4.00. The summed E-state index contributed by atoms with van der Waals surface area (Å²) in [6.45, 7) is 0. The van der Waals surface area contributed by atoms with E-state index >= 15 is 0 Å². The van der Waals surface area contributed by atoms with Crippen LogP contribution in [-0.4, -0.2) is 23.0 Å². The maximum atomic E-state index is 12.5. The van der Waals surface area contributed by atoms with Gasteiger partial charge in [0.1, 0.15) is 11.4 Å². The first kappa shape index (κ1) is 18.0. The molecule has 6 nitrogen and oxygen atoms in total. The first-order valence-corrected chi connectivity index (χ1v) is 8.24. The van der Waals surface area contributed by atoms with Gasteiger partial charge in [-0.3, -0.25) is 4.79 Å². The first-order chi connectivity index (χ1) is 12.5. The SMILES string of the molecule is COc1ccc(-c2cc(C(=O)Nc3cc(Cl)ccc3Cl)[nH]c(=O)n2)cc1. The van der Waals surface area contributed by atoms with Crippen molar-refractivity contribution in [3.8, 4) is 17.0 Å². The minimum atomic E-state index is -0.638. The molecule has 0 radical (unpaired) electrons. The van der Waals surface area contributed by atoms with Gasteiger partial charge in [-0.1, -0.05) is 23.2 Å². The van der Waals surface area contributed by atoms with Crippen molar-refractivity contribution in [2.75, 3.05) is 12.4 Å². The van der Waals surface area contributed by atoms with E-state index in [9.17, 15) is 9.59 Å². The number of amides is 1. The Bertz CT molecular complexity index is 1020. The topological polar surface area (TPSA) is 84.1 Å². The monoisotopic (exact) mass is 389 g/mol. The van der Waals surface area contributed by atoms with E-state index in [1.54, 1.807) is 43.5 Å². The molecule has 1 amide bonds. The summed E-state index contributed by atoms with van der Waals surface area (Å²) in [6.07, 6.45) is 0. The first-order valence-electron chi connectivity index (χ1n) is 7.48. The van der Waals surface area contributed by atoms with Crippen LogP contribution in [0.1, 0.15) is 10.5 Å². The van der Waals surface area contributed by atoms with Crippen LogP contribution in [0, 0.1) is 0 Å². The van der Waals surface area contributed by atoms with Gasteiger partial charge in [0.25, 0.3) is 5.91 Å². The molecule has 3 aromatic rings. The van der Waals surface area contributed by atoms with Gasteiger partial charge in [0, 0.05) is 10.6 Å². The van der Waals surface area contributed by atoms with Crippen LogP contribution in [0.4, 0.5) is 5.69 Å². The Morgan fingerprint density at radius 2 is 1.85 bits per heavy atom. The molecule has 26 heavy (non-hydrogen) atoms. The van der Waals surface area contributed by atoms with E-state index in [-0.39, 0.29) is 5.69 Å². The molecule has 132 valence electrons. The Morgan fingerprint density at radius 3 is 2.54 bits per heavy atom. The largest absolute Gasteiger partial charge is 0.497 e. The molecule has 0 saturated carbocycles. The molecule has 0 saturated heterocycles. The van der Waals surface area contributed by atoms with E-state index in [1.165, 1.54) is 12.1 Å². The van der Waals surface area contributed by atoms with Crippen LogP contribution in [0.2, 0.25) is 10.0 Å². The number of nitrogens with zero attached hydrogens (tertiary/aromatic N) is 1. The van der Waals surface area contributed by atoms with E-state index < -0.39 is 11.6 Å². The Kier molecular flexibility index (Phi) is 5.25. The second kappa shape index (κ2) is 7.59. The lowest BCUT2D eigenvalue weighted by Crippen LogP contribution is -2.21. The fourth-order valence-corrected chi connectivity index (χ4v) is 2.61. The van der Waals surface area contributed by atoms with Gasteiger partial charge in [0.15, 0.2) is 0 Å². The summed E-state index contributed by atoms with van der Waals surface area (Å²) in [5.74, 6) is 0.135. The fourth-order valence-electron chi connectivity index (χ4n) is 2.27. The van der Waals surface area contributed by atoms with Crippen molar-refractivity contribution < 1.29 is 9.53 Å². The van der Waals surface area contributed by atoms with Gasteiger partial charge in [-0.05, 0) is 48.5 Å². The number of hydrogen-bond acceptors (Lipinski definition) is 4. The lowest BCUT2D eigenvalue weighted by Gasteiger charge is -2.09. The van der Waals surface area contributed by atoms with Gasteiger partial charge in [-0.15, -0.1) is 0 Å². The van der Waals surface area contributed by atoms with Crippen molar-refractivity contribution in [1.82, 2.24) is 9.97 Å². The highest BCUT2D eigenvalue weighted by atomic mass is 35.5. The summed E-state index contributed by atoms with van der Waals surface area (Å²) in [5.41, 5.74) is 0.783. The molecule has 0 bridgehead atoms. The number of H-pyrrole nitrogens is 1. The third-order valence-corrected chi connectivity index (χ3v) is 4.12. The smallest absolute Gasteiger partial charge is 0.346 e. The molecule has 1 aromatic heterocycles. The quantitative estimate of drug-likeness (QED) is 0.705. The van der Waals surface area contributed by atoms with Crippen LogP contribution >= 0.6 is 23.2 Å². The summed E-state index contributed by atoms with van der Waals surface area (Å²) in [6, 6.07) is 13.1. The minimum absolute atomic E-state index is 0.0480. The van der Waals surface area contributed by atoms with Crippen molar-refractivity contribution in [2.24, 2.45) is 0 Å². The highest BCUT2D eigenvalue weighted by Crippen LogP contribution is 2.26. The molecule has 0 aliphatic rings. The number of anilines is 1. The normalized spacial score (nSPS) is 10.4. The second-order valence-corrected chi connectivity index (χ2v) is 6.14. The van der Waals surface area contributed by atoms with Crippen molar-refractivity contribution in [3.63, 3.8) is 0 Å². The number of hydrogen-bond donors (Lipinski definition) is 2. The number of ether oxygens (including phenoxy) is 1. The summed E-state index contributed by atoms with van der Waals surface area (Å²) >= 11 is 12.0. The molecule has 0 spiro atoms. The number of benzene rings is 2. The van der Waals surface area contributed by atoms with E-state index in [2.05, 4.69) is 15.3 Å². The maximum Gasteiger partial charge on any atom is 0.346 e. The number of aromatic amines is 1. The molecule has 1 heterocycles. The van der Waals surface area contributed by atoms with Crippen LogP contribution in [0.25, 0.3) is 11.3 Å². The molecular formula is C18H13Cl2N3O3. The lowest BCUT2D eigenvalue weighted by atomic mass is 10.1. The molecule has 3 rings (SSSR count). The number of rotatable bonds is 4.